The van der Waals surface area contributed by atoms with Gasteiger partial charge in [0.05, 0.1) is 12.2 Å². The number of hydrogen-bond donors (Lipinski definition) is 1. The standard InChI is InChI=1S/C16H31N3O/c1-4-18-16(2,14-17)10-6-7-11-19(3)13-15-9-5-8-12-20-15/h15,18H,4-13H2,1-3H3. The van der Waals surface area contributed by atoms with Gasteiger partial charge in [-0.25, -0.2) is 0 Å². The van der Waals surface area contributed by atoms with Gasteiger partial charge >= 0.3 is 0 Å². The molecule has 0 aromatic heterocycles. The molecule has 0 amide bonds. The van der Waals surface area contributed by atoms with E-state index in [0.29, 0.717) is 6.10 Å². The van der Waals surface area contributed by atoms with Crippen molar-refractivity contribution in [2.75, 3.05) is 33.3 Å². The highest BCUT2D eigenvalue weighted by atomic mass is 16.5. The second-order valence-electron chi connectivity index (χ2n) is 6.18. The summed E-state index contributed by atoms with van der Waals surface area (Å²) in [6.07, 6.45) is 7.32. The fourth-order valence-electron chi connectivity index (χ4n) is 2.82. The van der Waals surface area contributed by atoms with E-state index < -0.39 is 0 Å². The van der Waals surface area contributed by atoms with Crippen LogP contribution < -0.4 is 5.32 Å². The van der Waals surface area contributed by atoms with E-state index in [1.54, 1.807) is 0 Å². The van der Waals surface area contributed by atoms with E-state index in [4.69, 9.17) is 4.74 Å². The van der Waals surface area contributed by atoms with Crippen molar-refractivity contribution in [3.63, 3.8) is 0 Å². The number of likely N-dealkylation sites (N-methyl/N-ethyl adjacent to an activating group) is 1. The Morgan fingerprint density at radius 3 is 2.80 bits per heavy atom. The second kappa shape index (κ2) is 9.33. The third-order valence-corrected chi connectivity index (χ3v) is 4.07. The van der Waals surface area contributed by atoms with Crippen molar-refractivity contribution in [2.45, 2.75) is 64.0 Å². The normalized spacial score (nSPS) is 22.4. The zero-order valence-electron chi connectivity index (χ0n) is 13.5. The molecule has 1 fully saturated rings. The summed E-state index contributed by atoms with van der Waals surface area (Å²) in [4.78, 5) is 2.37. The predicted octanol–water partition coefficient (Wildman–Crippen LogP) is 2.55. The van der Waals surface area contributed by atoms with Crippen LogP contribution in [0.15, 0.2) is 0 Å². The molecule has 0 bridgehead atoms. The zero-order chi connectivity index (χ0) is 14.8. The number of nitrogens with one attached hydrogen (secondary N) is 1. The third kappa shape index (κ3) is 6.69. The molecule has 0 saturated carbocycles. The first-order chi connectivity index (χ1) is 9.59. The Kier molecular flexibility index (Phi) is 8.13. The molecule has 0 aromatic rings. The third-order valence-electron chi connectivity index (χ3n) is 4.07. The van der Waals surface area contributed by atoms with Gasteiger partial charge in [-0.1, -0.05) is 6.92 Å². The molecule has 1 rings (SSSR count). The zero-order valence-corrected chi connectivity index (χ0v) is 13.5. The van der Waals surface area contributed by atoms with Gasteiger partial charge in [0, 0.05) is 13.2 Å². The minimum atomic E-state index is -0.361. The van der Waals surface area contributed by atoms with Crippen molar-refractivity contribution in [1.82, 2.24) is 10.2 Å². The minimum Gasteiger partial charge on any atom is -0.377 e. The van der Waals surface area contributed by atoms with Crippen LogP contribution >= 0.6 is 0 Å². The van der Waals surface area contributed by atoms with E-state index in [0.717, 1.165) is 45.5 Å². The van der Waals surface area contributed by atoms with Crippen molar-refractivity contribution in [3.8, 4) is 6.07 Å². The minimum absolute atomic E-state index is 0.361. The Labute approximate surface area is 124 Å². The van der Waals surface area contributed by atoms with Gasteiger partial charge in [-0.3, -0.25) is 5.32 Å². The van der Waals surface area contributed by atoms with Crippen LogP contribution in [0.3, 0.4) is 0 Å². The molecule has 1 N–H and O–H groups in total. The van der Waals surface area contributed by atoms with Crippen LogP contribution in [-0.4, -0.2) is 49.8 Å². The largest absolute Gasteiger partial charge is 0.377 e. The second-order valence-corrected chi connectivity index (χ2v) is 6.18. The summed E-state index contributed by atoms with van der Waals surface area (Å²) in [5.74, 6) is 0. The molecule has 2 unspecified atom stereocenters. The SMILES string of the molecule is CCNC(C)(C#N)CCCCN(C)CC1CCCCO1. The highest BCUT2D eigenvalue weighted by Gasteiger charge is 2.21. The maximum Gasteiger partial charge on any atom is 0.103 e. The highest BCUT2D eigenvalue weighted by Crippen LogP contribution is 2.15. The lowest BCUT2D eigenvalue weighted by Gasteiger charge is -2.27. The molecule has 2 atom stereocenters. The number of nitriles is 1. The number of nitrogens with zero attached hydrogens (tertiary/aromatic N) is 2. The van der Waals surface area contributed by atoms with Crippen molar-refractivity contribution in [3.05, 3.63) is 0 Å². The van der Waals surface area contributed by atoms with Gasteiger partial charge in [-0.2, -0.15) is 5.26 Å². The fraction of sp³-hybridized carbons (Fsp3) is 0.938. The van der Waals surface area contributed by atoms with Gasteiger partial charge in [0.2, 0.25) is 0 Å². The van der Waals surface area contributed by atoms with Gasteiger partial charge in [0.1, 0.15) is 5.54 Å². The van der Waals surface area contributed by atoms with Crippen LogP contribution in [0.1, 0.15) is 52.4 Å². The summed E-state index contributed by atoms with van der Waals surface area (Å²) in [6, 6.07) is 2.39. The van der Waals surface area contributed by atoms with E-state index in [-0.39, 0.29) is 5.54 Å². The van der Waals surface area contributed by atoms with Gasteiger partial charge in [-0.15, -0.1) is 0 Å². The van der Waals surface area contributed by atoms with Crippen LogP contribution in [0, 0.1) is 11.3 Å². The fourth-order valence-corrected chi connectivity index (χ4v) is 2.82. The summed E-state index contributed by atoms with van der Waals surface area (Å²) in [5, 5.41) is 12.5. The molecule has 0 aromatic carbocycles. The van der Waals surface area contributed by atoms with Gasteiger partial charge in [0.25, 0.3) is 0 Å². The van der Waals surface area contributed by atoms with Crippen molar-refractivity contribution >= 4 is 0 Å². The average molecular weight is 281 g/mol. The van der Waals surface area contributed by atoms with E-state index in [2.05, 4.69) is 23.3 Å². The van der Waals surface area contributed by atoms with Crippen molar-refractivity contribution < 1.29 is 4.74 Å². The smallest absolute Gasteiger partial charge is 0.103 e. The van der Waals surface area contributed by atoms with Gasteiger partial charge < -0.3 is 9.64 Å². The van der Waals surface area contributed by atoms with E-state index in [1.165, 1.54) is 19.3 Å². The summed E-state index contributed by atoms with van der Waals surface area (Å²) in [5.41, 5.74) is -0.361. The highest BCUT2D eigenvalue weighted by molar-refractivity contribution is 5.03. The quantitative estimate of drug-likeness (QED) is 0.660. The molecule has 0 radical (unpaired) electrons. The number of rotatable bonds is 9. The molecule has 1 aliphatic heterocycles. The monoisotopic (exact) mass is 281 g/mol. The van der Waals surface area contributed by atoms with Crippen LogP contribution in [-0.2, 0) is 4.74 Å². The number of ether oxygens (including phenoxy) is 1. The van der Waals surface area contributed by atoms with Crippen molar-refractivity contribution in [2.24, 2.45) is 0 Å². The first kappa shape index (κ1) is 17.4. The average Bonchev–Trinajstić information content (AvgIpc) is 2.45. The molecule has 20 heavy (non-hydrogen) atoms. The van der Waals surface area contributed by atoms with Gasteiger partial charge in [-0.05, 0) is 65.6 Å². The lowest BCUT2D eigenvalue weighted by atomic mass is 9.96. The Balaban J connectivity index is 2.12. The molecule has 0 aliphatic carbocycles. The lowest BCUT2D eigenvalue weighted by Crippen LogP contribution is -2.40. The number of hydrogen-bond acceptors (Lipinski definition) is 4. The topological polar surface area (TPSA) is 48.3 Å². The Morgan fingerprint density at radius 2 is 2.20 bits per heavy atom. The molecule has 1 aliphatic rings. The van der Waals surface area contributed by atoms with Crippen LogP contribution in [0.5, 0.6) is 0 Å². The Morgan fingerprint density at radius 1 is 1.40 bits per heavy atom. The summed E-state index contributed by atoms with van der Waals surface area (Å²) in [7, 11) is 2.17. The summed E-state index contributed by atoms with van der Waals surface area (Å²) < 4.78 is 5.76. The van der Waals surface area contributed by atoms with Gasteiger partial charge in [0.15, 0.2) is 0 Å². The predicted molar refractivity (Wildman–Crippen MR) is 82.6 cm³/mol. The molecular weight excluding hydrogens is 250 g/mol. The molecule has 0 spiro atoms. The lowest BCUT2D eigenvalue weighted by molar-refractivity contribution is -0.00164. The molecule has 1 saturated heterocycles. The van der Waals surface area contributed by atoms with Crippen LogP contribution in [0.25, 0.3) is 0 Å². The molecule has 116 valence electrons. The van der Waals surface area contributed by atoms with E-state index in [1.807, 2.05) is 13.8 Å². The molecule has 4 heteroatoms. The Hall–Kier alpha value is -0.630. The molecule has 4 nitrogen and oxygen atoms in total. The molecular formula is C16H31N3O. The van der Waals surface area contributed by atoms with Crippen LogP contribution in [0.4, 0.5) is 0 Å². The Bertz CT molecular complexity index is 297. The molecule has 1 heterocycles. The number of unbranched alkanes of at least 4 members (excludes halogenated alkanes) is 1. The van der Waals surface area contributed by atoms with Crippen molar-refractivity contribution in [1.29, 1.82) is 5.26 Å². The van der Waals surface area contributed by atoms with Crippen LogP contribution in [0.2, 0.25) is 0 Å². The summed E-state index contributed by atoms with van der Waals surface area (Å²) in [6.45, 7) is 7.96. The maximum absolute atomic E-state index is 9.20. The van der Waals surface area contributed by atoms with E-state index >= 15 is 0 Å². The first-order valence-electron chi connectivity index (χ1n) is 8.06. The van der Waals surface area contributed by atoms with E-state index in [9.17, 15) is 5.26 Å². The summed E-state index contributed by atoms with van der Waals surface area (Å²) >= 11 is 0. The first-order valence-corrected chi connectivity index (χ1v) is 8.06. The maximum atomic E-state index is 9.20.